The summed E-state index contributed by atoms with van der Waals surface area (Å²) in [4.78, 5) is 53.9. The molecule has 0 unspecified atom stereocenters. The van der Waals surface area contributed by atoms with E-state index in [4.69, 9.17) is 4.74 Å². The highest BCUT2D eigenvalue weighted by Crippen LogP contribution is 2.20. The minimum absolute atomic E-state index is 0.0914. The van der Waals surface area contributed by atoms with Gasteiger partial charge in [0, 0.05) is 32.0 Å². The second-order valence-corrected chi connectivity index (χ2v) is 12.4. The fourth-order valence-electron chi connectivity index (χ4n) is 4.89. The zero-order valence-electron chi connectivity index (χ0n) is 25.7. The number of piperidine rings is 1. The number of alkyl carbamates (subject to hydrolysis) is 1. The Morgan fingerprint density at radius 2 is 1.52 bits per heavy atom. The van der Waals surface area contributed by atoms with Crippen molar-refractivity contribution in [2.24, 2.45) is 11.8 Å². The predicted octanol–water partition coefficient (Wildman–Crippen LogP) is 4.13. The Kier molecular flexibility index (Phi) is 11.5. The van der Waals surface area contributed by atoms with Gasteiger partial charge in [0.25, 0.3) is 0 Å². The SMILES string of the molecule is Cc1ccc(CNC(=O)[C@@H](NC(=O)C2CCN(C(=O)[C@H](Cc3ccccc3)NC(=O)OC(C)(C)C)CC2)C(C)C)cc1. The first-order valence-corrected chi connectivity index (χ1v) is 14.8. The van der Waals surface area contributed by atoms with Crippen molar-refractivity contribution in [3.05, 3.63) is 71.3 Å². The summed E-state index contributed by atoms with van der Waals surface area (Å²) in [5, 5.41) is 8.65. The van der Waals surface area contributed by atoms with Crippen LogP contribution < -0.4 is 16.0 Å². The molecule has 1 fully saturated rings. The normalized spacial score (nSPS) is 15.5. The van der Waals surface area contributed by atoms with E-state index in [1.165, 1.54) is 0 Å². The van der Waals surface area contributed by atoms with E-state index >= 15 is 0 Å². The molecule has 2 aromatic carbocycles. The van der Waals surface area contributed by atoms with Crippen molar-refractivity contribution in [1.29, 1.82) is 0 Å². The molecule has 0 radical (unpaired) electrons. The van der Waals surface area contributed by atoms with Gasteiger partial charge < -0.3 is 25.6 Å². The molecule has 3 N–H and O–H groups in total. The quantitative estimate of drug-likeness (QED) is 0.392. The van der Waals surface area contributed by atoms with E-state index in [2.05, 4.69) is 16.0 Å². The topological polar surface area (TPSA) is 117 Å². The summed E-state index contributed by atoms with van der Waals surface area (Å²) in [5.74, 6) is -1.01. The molecule has 0 saturated carbocycles. The van der Waals surface area contributed by atoms with Gasteiger partial charge in [0.2, 0.25) is 17.7 Å². The molecule has 2 aromatic rings. The Hall–Kier alpha value is -3.88. The molecule has 1 aliphatic rings. The average molecular weight is 579 g/mol. The van der Waals surface area contributed by atoms with Gasteiger partial charge in [-0.3, -0.25) is 14.4 Å². The number of hydrogen-bond donors (Lipinski definition) is 3. The summed E-state index contributed by atoms with van der Waals surface area (Å²) in [6, 6.07) is 16.0. The van der Waals surface area contributed by atoms with E-state index < -0.39 is 23.8 Å². The average Bonchev–Trinajstić information content (AvgIpc) is 2.94. The number of rotatable bonds is 10. The van der Waals surface area contributed by atoms with Gasteiger partial charge >= 0.3 is 6.09 Å². The number of carbonyl (C=O) groups is 4. The standard InChI is InChI=1S/C33H46N4O5/c1-22(2)28(30(39)34-21-25-14-12-23(3)13-15-25)36-29(38)26-16-18-37(19-17-26)31(40)27(20-24-10-8-7-9-11-24)35-32(41)42-33(4,5)6/h7-15,22,26-28H,16-21H2,1-6H3,(H,34,39)(H,35,41)(H,36,38)/t27-,28-/m0/s1. The number of aryl methyl sites for hydroxylation is 1. The van der Waals surface area contributed by atoms with E-state index in [0.717, 1.165) is 16.7 Å². The molecule has 1 saturated heterocycles. The maximum absolute atomic E-state index is 13.5. The summed E-state index contributed by atoms with van der Waals surface area (Å²) in [6.07, 6.45) is 0.620. The van der Waals surface area contributed by atoms with Crippen LogP contribution in [-0.4, -0.2) is 59.5 Å². The molecule has 0 spiro atoms. The van der Waals surface area contributed by atoms with Crippen molar-refractivity contribution in [1.82, 2.24) is 20.9 Å². The van der Waals surface area contributed by atoms with Gasteiger partial charge in [-0.05, 0) is 57.6 Å². The van der Waals surface area contributed by atoms with Crippen LogP contribution in [-0.2, 0) is 32.1 Å². The zero-order valence-corrected chi connectivity index (χ0v) is 25.7. The summed E-state index contributed by atoms with van der Waals surface area (Å²) in [7, 11) is 0. The van der Waals surface area contributed by atoms with Crippen LogP contribution in [0, 0.1) is 18.8 Å². The highest BCUT2D eigenvalue weighted by molar-refractivity contribution is 5.89. The summed E-state index contributed by atoms with van der Waals surface area (Å²) >= 11 is 0. The van der Waals surface area contributed by atoms with Gasteiger partial charge in [0.05, 0.1) is 0 Å². The third-order valence-corrected chi connectivity index (χ3v) is 7.28. The summed E-state index contributed by atoms with van der Waals surface area (Å²) < 4.78 is 5.41. The number of hydrogen-bond acceptors (Lipinski definition) is 5. The van der Waals surface area contributed by atoms with Crippen LogP contribution in [0.15, 0.2) is 54.6 Å². The van der Waals surface area contributed by atoms with E-state index in [0.29, 0.717) is 38.9 Å². The minimum atomic E-state index is -0.796. The zero-order chi connectivity index (χ0) is 30.9. The Balaban J connectivity index is 1.57. The fourth-order valence-corrected chi connectivity index (χ4v) is 4.89. The van der Waals surface area contributed by atoms with Gasteiger partial charge in [-0.25, -0.2) is 4.79 Å². The monoisotopic (exact) mass is 578 g/mol. The van der Waals surface area contributed by atoms with Crippen LogP contribution in [0.4, 0.5) is 4.79 Å². The summed E-state index contributed by atoms with van der Waals surface area (Å²) in [6.45, 7) is 12.3. The second-order valence-electron chi connectivity index (χ2n) is 12.4. The van der Waals surface area contributed by atoms with Gasteiger partial charge in [-0.2, -0.15) is 0 Å². The summed E-state index contributed by atoms with van der Waals surface area (Å²) in [5.41, 5.74) is 2.37. The molecule has 42 heavy (non-hydrogen) atoms. The maximum atomic E-state index is 13.5. The smallest absolute Gasteiger partial charge is 0.408 e. The van der Waals surface area contributed by atoms with E-state index in [1.54, 1.807) is 25.7 Å². The lowest BCUT2D eigenvalue weighted by atomic mass is 9.93. The second kappa shape index (κ2) is 14.8. The van der Waals surface area contributed by atoms with Crippen molar-refractivity contribution >= 4 is 23.8 Å². The minimum Gasteiger partial charge on any atom is -0.444 e. The molecule has 9 heteroatoms. The number of nitrogens with zero attached hydrogens (tertiary/aromatic N) is 1. The molecule has 1 heterocycles. The number of nitrogens with one attached hydrogen (secondary N) is 3. The van der Waals surface area contributed by atoms with Gasteiger partial charge in [-0.1, -0.05) is 74.0 Å². The van der Waals surface area contributed by atoms with E-state index in [9.17, 15) is 19.2 Å². The van der Waals surface area contributed by atoms with Gasteiger partial charge in [0.1, 0.15) is 17.7 Å². The van der Waals surface area contributed by atoms with Crippen molar-refractivity contribution in [3.63, 3.8) is 0 Å². The molecule has 3 rings (SSSR count). The highest BCUT2D eigenvalue weighted by Gasteiger charge is 2.34. The molecular formula is C33H46N4O5. The van der Waals surface area contributed by atoms with Crippen molar-refractivity contribution in [3.8, 4) is 0 Å². The first-order valence-electron chi connectivity index (χ1n) is 14.8. The molecule has 0 aliphatic carbocycles. The third-order valence-electron chi connectivity index (χ3n) is 7.28. The molecule has 9 nitrogen and oxygen atoms in total. The van der Waals surface area contributed by atoms with Gasteiger partial charge in [0.15, 0.2) is 0 Å². The lowest BCUT2D eigenvalue weighted by Crippen LogP contribution is -2.54. The lowest BCUT2D eigenvalue weighted by Gasteiger charge is -2.35. The third kappa shape index (κ3) is 10.2. The number of benzene rings is 2. The van der Waals surface area contributed by atoms with Crippen LogP contribution in [0.2, 0.25) is 0 Å². The molecule has 1 aliphatic heterocycles. The Bertz CT molecular complexity index is 1200. The molecule has 4 amide bonds. The first kappa shape index (κ1) is 32.6. The largest absolute Gasteiger partial charge is 0.444 e. The Labute approximate surface area is 249 Å². The van der Waals surface area contributed by atoms with E-state index in [-0.39, 0.29) is 29.6 Å². The van der Waals surface area contributed by atoms with Crippen molar-refractivity contribution in [2.45, 2.75) is 85.0 Å². The van der Waals surface area contributed by atoms with Crippen LogP contribution in [0.25, 0.3) is 0 Å². The van der Waals surface area contributed by atoms with Crippen molar-refractivity contribution in [2.75, 3.05) is 13.1 Å². The van der Waals surface area contributed by atoms with Crippen LogP contribution in [0.5, 0.6) is 0 Å². The molecule has 228 valence electrons. The maximum Gasteiger partial charge on any atom is 0.408 e. The Morgan fingerprint density at radius 3 is 2.10 bits per heavy atom. The highest BCUT2D eigenvalue weighted by atomic mass is 16.6. The number of amides is 4. The van der Waals surface area contributed by atoms with Crippen LogP contribution >= 0.6 is 0 Å². The molecule has 0 aromatic heterocycles. The fraction of sp³-hybridized carbons (Fsp3) is 0.515. The Morgan fingerprint density at radius 1 is 0.905 bits per heavy atom. The molecule has 0 bridgehead atoms. The van der Waals surface area contributed by atoms with Crippen molar-refractivity contribution < 1.29 is 23.9 Å². The number of ether oxygens (including phenoxy) is 1. The lowest BCUT2D eigenvalue weighted by molar-refractivity contribution is -0.138. The predicted molar refractivity (Wildman–Crippen MR) is 162 cm³/mol. The van der Waals surface area contributed by atoms with E-state index in [1.807, 2.05) is 75.4 Å². The first-order chi connectivity index (χ1) is 19.8. The van der Waals surface area contributed by atoms with Gasteiger partial charge in [-0.15, -0.1) is 0 Å². The molecular weight excluding hydrogens is 532 g/mol. The number of likely N-dealkylation sites (tertiary alicyclic amines) is 1. The number of carbonyl (C=O) groups excluding carboxylic acids is 4. The molecule has 2 atom stereocenters. The van der Waals surface area contributed by atoms with Crippen LogP contribution in [0.3, 0.4) is 0 Å². The van der Waals surface area contributed by atoms with Crippen LogP contribution in [0.1, 0.15) is 64.2 Å².